The van der Waals surface area contributed by atoms with Crippen LogP contribution in [0, 0.1) is 0 Å². The van der Waals surface area contributed by atoms with Crippen molar-refractivity contribution in [2.75, 3.05) is 41.3 Å². The lowest BCUT2D eigenvalue weighted by Crippen LogP contribution is -2.25. The summed E-state index contributed by atoms with van der Waals surface area (Å²) in [5.74, 6) is 4.39. The summed E-state index contributed by atoms with van der Waals surface area (Å²) in [6.45, 7) is 5.28. The Morgan fingerprint density at radius 1 is 0.743 bits per heavy atom. The summed E-state index contributed by atoms with van der Waals surface area (Å²) in [7, 11) is 4.89. The molecule has 0 N–H and O–H groups in total. The van der Waals surface area contributed by atoms with E-state index in [1.807, 2.05) is 37.3 Å². The predicted molar refractivity (Wildman–Crippen MR) is 134 cm³/mol. The van der Waals surface area contributed by atoms with Crippen LogP contribution in [0.3, 0.4) is 0 Å². The van der Waals surface area contributed by atoms with Crippen LogP contribution in [0.4, 0.5) is 0 Å². The number of methoxy groups -OCH3 is 3. The van der Waals surface area contributed by atoms with Gasteiger partial charge in [0.05, 0.1) is 27.9 Å². The van der Waals surface area contributed by atoms with Crippen molar-refractivity contribution in [2.45, 2.75) is 26.4 Å². The van der Waals surface area contributed by atoms with Crippen molar-refractivity contribution in [3.8, 4) is 34.5 Å². The van der Waals surface area contributed by atoms with E-state index in [1.54, 1.807) is 21.3 Å². The minimum absolute atomic E-state index is 0.282. The molecule has 0 unspecified atom stereocenters. The van der Waals surface area contributed by atoms with Gasteiger partial charge in [-0.05, 0) is 66.4 Å². The fourth-order valence-corrected chi connectivity index (χ4v) is 4.20. The van der Waals surface area contributed by atoms with Gasteiger partial charge in [0.2, 0.25) is 12.5 Å². The van der Waals surface area contributed by atoms with Gasteiger partial charge in [-0.2, -0.15) is 0 Å². The van der Waals surface area contributed by atoms with Crippen LogP contribution in [-0.2, 0) is 19.5 Å². The van der Waals surface area contributed by atoms with Gasteiger partial charge >= 0.3 is 0 Å². The van der Waals surface area contributed by atoms with Crippen LogP contribution < -0.4 is 28.4 Å². The highest BCUT2D eigenvalue weighted by Gasteiger charge is 2.17. The second-order valence-corrected chi connectivity index (χ2v) is 8.26. The first-order chi connectivity index (χ1) is 17.1. The first kappa shape index (κ1) is 24.5. The zero-order chi connectivity index (χ0) is 24.6. The first-order valence-electron chi connectivity index (χ1n) is 11.7. The molecular weight excluding hydrogens is 446 g/mol. The van der Waals surface area contributed by atoms with Gasteiger partial charge < -0.3 is 28.4 Å². The van der Waals surface area contributed by atoms with E-state index in [-0.39, 0.29) is 6.79 Å². The average molecular weight is 480 g/mol. The largest absolute Gasteiger partial charge is 0.494 e. The minimum atomic E-state index is 0.282. The molecule has 7 nitrogen and oxygen atoms in total. The van der Waals surface area contributed by atoms with Crippen LogP contribution in [-0.4, -0.2) is 46.2 Å². The lowest BCUT2D eigenvalue weighted by Gasteiger charge is -2.24. The van der Waals surface area contributed by atoms with Crippen molar-refractivity contribution >= 4 is 0 Å². The van der Waals surface area contributed by atoms with Crippen LogP contribution in [0.15, 0.2) is 54.6 Å². The van der Waals surface area contributed by atoms with Crippen molar-refractivity contribution in [1.82, 2.24) is 4.90 Å². The first-order valence-corrected chi connectivity index (χ1v) is 11.7. The molecule has 0 aromatic heterocycles. The molecule has 1 aliphatic rings. The fraction of sp³-hybridized carbons (Fsp3) is 0.357. The normalized spacial score (nSPS) is 12.0. The topological polar surface area (TPSA) is 58.6 Å². The van der Waals surface area contributed by atoms with Crippen molar-refractivity contribution in [1.29, 1.82) is 0 Å². The summed E-state index contributed by atoms with van der Waals surface area (Å²) in [5, 5.41) is 0. The molecule has 0 saturated heterocycles. The van der Waals surface area contributed by atoms with E-state index in [0.717, 1.165) is 42.3 Å². The van der Waals surface area contributed by atoms with Gasteiger partial charge in [0, 0.05) is 19.6 Å². The van der Waals surface area contributed by atoms with Crippen LogP contribution in [0.1, 0.15) is 23.6 Å². The lowest BCUT2D eigenvalue weighted by molar-refractivity contribution is 0.174. The molecule has 1 heterocycles. The molecular formula is C28H33NO6. The Labute approximate surface area is 207 Å². The van der Waals surface area contributed by atoms with E-state index < -0.39 is 0 Å². The molecule has 3 aromatic carbocycles. The summed E-state index contributed by atoms with van der Waals surface area (Å²) in [5.41, 5.74) is 3.50. The molecule has 0 aliphatic carbocycles. The number of fused-ring (bicyclic) bond motifs is 1. The van der Waals surface area contributed by atoms with Gasteiger partial charge in [-0.3, -0.25) is 4.90 Å². The molecule has 0 amide bonds. The van der Waals surface area contributed by atoms with E-state index in [0.29, 0.717) is 30.4 Å². The van der Waals surface area contributed by atoms with Gasteiger partial charge in [0.15, 0.2) is 23.0 Å². The second-order valence-electron chi connectivity index (χ2n) is 8.26. The zero-order valence-corrected chi connectivity index (χ0v) is 20.8. The van der Waals surface area contributed by atoms with Gasteiger partial charge in [-0.25, -0.2) is 0 Å². The highest BCUT2D eigenvalue weighted by Crippen LogP contribution is 2.38. The molecule has 1 aliphatic heterocycles. The molecule has 4 rings (SSSR count). The zero-order valence-electron chi connectivity index (χ0n) is 20.8. The third kappa shape index (κ3) is 6.11. The van der Waals surface area contributed by atoms with E-state index in [4.69, 9.17) is 28.4 Å². The Kier molecular flexibility index (Phi) is 8.21. The lowest BCUT2D eigenvalue weighted by atomic mass is 10.1. The number of ether oxygens (including phenoxy) is 6. The summed E-state index contributed by atoms with van der Waals surface area (Å²) in [4.78, 5) is 2.40. The molecule has 0 spiro atoms. The molecule has 0 radical (unpaired) electrons. The Balaban J connectivity index is 1.54. The molecule has 0 fully saturated rings. The molecule has 35 heavy (non-hydrogen) atoms. The predicted octanol–water partition coefficient (Wildman–Crippen LogP) is 5.08. The maximum Gasteiger partial charge on any atom is 0.231 e. The third-order valence-electron chi connectivity index (χ3n) is 5.92. The van der Waals surface area contributed by atoms with Crippen LogP contribution >= 0.6 is 0 Å². The Morgan fingerprint density at radius 3 is 2.06 bits per heavy atom. The van der Waals surface area contributed by atoms with E-state index >= 15 is 0 Å². The highest BCUT2D eigenvalue weighted by molar-refractivity contribution is 5.53. The van der Waals surface area contributed by atoms with E-state index in [1.165, 1.54) is 11.1 Å². The summed E-state index contributed by atoms with van der Waals surface area (Å²) in [6.07, 6.45) is 0.873. The number of nitrogens with zero attached hydrogens (tertiary/aromatic N) is 1. The molecule has 3 aromatic rings. The van der Waals surface area contributed by atoms with Crippen LogP contribution in [0.2, 0.25) is 0 Å². The monoisotopic (exact) mass is 479 g/mol. The van der Waals surface area contributed by atoms with Crippen molar-refractivity contribution in [3.05, 3.63) is 71.3 Å². The standard InChI is InChI=1S/C28H33NO6/c1-5-33-23-9-6-21(7-10-23)17-29(13-12-20-8-11-24-25(14-20)35-19-34-24)18-22-15-26(30-2)28(32-4)27(16-22)31-3/h6-11,14-16H,5,12-13,17-19H2,1-4H3. The minimum Gasteiger partial charge on any atom is -0.494 e. The summed E-state index contributed by atoms with van der Waals surface area (Å²) in [6, 6.07) is 18.4. The van der Waals surface area contributed by atoms with Gasteiger partial charge in [-0.15, -0.1) is 0 Å². The van der Waals surface area contributed by atoms with Crippen LogP contribution in [0.25, 0.3) is 0 Å². The van der Waals surface area contributed by atoms with Crippen LogP contribution in [0.5, 0.6) is 34.5 Å². The summed E-state index contributed by atoms with van der Waals surface area (Å²) >= 11 is 0. The van der Waals surface area contributed by atoms with Gasteiger partial charge in [0.25, 0.3) is 0 Å². The second kappa shape index (κ2) is 11.7. The van der Waals surface area contributed by atoms with Crippen molar-refractivity contribution in [3.63, 3.8) is 0 Å². The van der Waals surface area contributed by atoms with Gasteiger partial charge in [0.1, 0.15) is 5.75 Å². The van der Waals surface area contributed by atoms with Crippen molar-refractivity contribution < 1.29 is 28.4 Å². The Morgan fingerprint density at radius 2 is 1.40 bits per heavy atom. The maximum atomic E-state index is 5.60. The molecule has 0 atom stereocenters. The average Bonchev–Trinajstić information content (AvgIpc) is 3.36. The third-order valence-corrected chi connectivity index (χ3v) is 5.92. The van der Waals surface area contributed by atoms with Gasteiger partial charge in [-0.1, -0.05) is 18.2 Å². The number of hydrogen-bond donors (Lipinski definition) is 0. The van der Waals surface area contributed by atoms with E-state index in [2.05, 4.69) is 29.2 Å². The molecule has 0 bridgehead atoms. The maximum absolute atomic E-state index is 5.60. The number of rotatable bonds is 12. The SMILES string of the molecule is CCOc1ccc(CN(CCc2ccc3c(c2)OCO3)Cc2cc(OC)c(OC)c(OC)c2)cc1. The van der Waals surface area contributed by atoms with E-state index in [9.17, 15) is 0 Å². The number of hydrogen-bond acceptors (Lipinski definition) is 7. The Bertz CT molecular complexity index is 1090. The number of benzene rings is 3. The summed E-state index contributed by atoms with van der Waals surface area (Å²) < 4.78 is 33.2. The smallest absolute Gasteiger partial charge is 0.231 e. The quantitative estimate of drug-likeness (QED) is 0.359. The Hall–Kier alpha value is -3.58. The molecule has 7 heteroatoms. The highest BCUT2D eigenvalue weighted by atomic mass is 16.7. The molecule has 186 valence electrons. The fourth-order valence-electron chi connectivity index (χ4n) is 4.20. The van der Waals surface area contributed by atoms with Crippen molar-refractivity contribution in [2.24, 2.45) is 0 Å². The molecule has 0 saturated carbocycles.